The fraction of sp³-hybridized carbons (Fsp3) is 0.444. The van der Waals surface area contributed by atoms with Gasteiger partial charge < -0.3 is 24.6 Å². The van der Waals surface area contributed by atoms with Crippen LogP contribution < -0.4 is 14.8 Å². The normalized spacial score (nSPS) is 15.3. The van der Waals surface area contributed by atoms with Crippen LogP contribution in [-0.2, 0) is 11.2 Å². The summed E-state index contributed by atoms with van der Waals surface area (Å²) in [6.45, 7) is 5.43. The first kappa shape index (κ1) is 19.7. The van der Waals surface area contributed by atoms with Gasteiger partial charge in [-0.15, -0.1) is 11.3 Å². The maximum atomic E-state index is 12.3. The number of thiazole rings is 1. The van der Waals surface area contributed by atoms with Crippen molar-refractivity contribution >= 4 is 29.0 Å². The zero-order chi connectivity index (χ0) is 19.6. The highest BCUT2D eigenvalue weighted by molar-refractivity contribution is 7.09. The van der Waals surface area contributed by atoms with E-state index in [0.717, 1.165) is 5.56 Å². The summed E-state index contributed by atoms with van der Waals surface area (Å²) in [6, 6.07) is 2.85. The third kappa shape index (κ3) is 5.03. The van der Waals surface area contributed by atoms with Crippen molar-refractivity contribution in [1.82, 2.24) is 10.3 Å². The molecule has 0 aliphatic carbocycles. The summed E-state index contributed by atoms with van der Waals surface area (Å²) in [6.07, 6.45) is 0.290. The number of amides is 1. The van der Waals surface area contributed by atoms with Crippen molar-refractivity contribution in [3.63, 3.8) is 0 Å². The lowest BCUT2D eigenvalue weighted by Crippen LogP contribution is -2.43. The van der Waals surface area contributed by atoms with Gasteiger partial charge in [-0.3, -0.25) is 0 Å². The standard InChI is InChI=1S/C18H21ClN2O5S/c1-18(2,3)26-17(23)21-12(14(22)16-20-4-5-27-16)7-10-6-11(19)15-13(8-10)24-9-25-15/h4-6,8,12,14,22H,7,9H2,1-3H3,(H,21,23)/t12-,14-/m0/s1. The largest absolute Gasteiger partial charge is 0.454 e. The number of nitrogens with zero attached hydrogens (tertiary/aromatic N) is 1. The molecular weight excluding hydrogens is 392 g/mol. The van der Waals surface area contributed by atoms with Crippen molar-refractivity contribution in [2.24, 2.45) is 0 Å². The van der Waals surface area contributed by atoms with E-state index in [1.54, 1.807) is 44.5 Å². The Labute approximate surface area is 166 Å². The lowest BCUT2D eigenvalue weighted by atomic mass is 10.0. The molecule has 146 valence electrons. The highest BCUT2D eigenvalue weighted by Gasteiger charge is 2.28. The average Bonchev–Trinajstić information content (AvgIpc) is 3.23. The first-order valence-electron chi connectivity index (χ1n) is 8.38. The van der Waals surface area contributed by atoms with Crippen molar-refractivity contribution in [1.29, 1.82) is 0 Å². The molecule has 1 aromatic heterocycles. The van der Waals surface area contributed by atoms with E-state index in [2.05, 4.69) is 10.3 Å². The molecule has 2 heterocycles. The summed E-state index contributed by atoms with van der Waals surface area (Å²) >= 11 is 7.55. The number of aliphatic hydroxyl groups excluding tert-OH is 1. The average molecular weight is 413 g/mol. The minimum absolute atomic E-state index is 0.111. The van der Waals surface area contributed by atoms with E-state index >= 15 is 0 Å². The number of carbonyl (C=O) groups is 1. The number of carbonyl (C=O) groups excluding carboxylic acids is 1. The quantitative estimate of drug-likeness (QED) is 0.778. The van der Waals surface area contributed by atoms with Gasteiger partial charge >= 0.3 is 6.09 Å². The molecule has 0 bridgehead atoms. The Morgan fingerprint density at radius 1 is 1.44 bits per heavy atom. The molecule has 0 spiro atoms. The van der Waals surface area contributed by atoms with Crippen LogP contribution in [0.2, 0.25) is 5.02 Å². The molecule has 0 fully saturated rings. The molecule has 0 radical (unpaired) electrons. The summed E-state index contributed by atoms with van der Waals surface area (Å²) in [7, 11) is 0. The van der Waals surface area contributed by atoms with Gasteiger partial charge in [-0.25, -0.2) is 9.78 Å². The zero-order valence-corrected chi connectivity index (χ0v) is 16.8. The number of benzene rings is 1. The fourth-order valence-electron chi connectivity index (χ4n) is 2.65. The minimum Gasteiger partial charge on any atom is -0.454 e. The molecule has 1 amide bonds. The van der Waals surface area contributed by atoms with E-state index in [9.17, 15) is 9.90 Å². The SMILES string of the molecule is CC(C)(C)OC(=O)N[C@@H](Cc1cc(Cl)c2c(c1)OCO2)[C@H](O)c1nccs1. The Hall–Kier alpha value is -2.03. The number of aromatic nitrogens is 1. The first-order valence-corrected chi connectivity index (χ1v) is 9.63. The van der Waals surface area contributed by atoms with Crippen LogP contribution in [0.3, 0.4) is 0 Å². The van der Waals surface area contributed by atoms with Gasteiger partial charge in [0.25, 0.3) is 0 Å². The summed E-state index contributed by atoms with van der Waals surface area (Å²) in [5.41, 5.74) is 0.129. The Balaban J connectivity index is 1.81. The van der Waals surface area contributed by atoms with Gasteiger partial charge in [-0.05, 0) is 44.9 Å². The van der Waals surface area contributed by atoms with Gasteiger partial charge in [-0.2, -0.15) is 0 Å². The number of hydrogen-bond acceptors (Lipinski definition) is 7. The monoisotopic (exact) mass is 412 g/mol. The molecule has 1 aliphatic rings. The van der Waals surface area contributed by atoms with Crippen LogP contribution >= 0.6 is 22.9 Å². The first-order chi connectivity index (χ1) is 12.7. The van der Waals surface area contributed by atoms with Gasteiger partial charge in [0.05, 0.1) is 11.1 Å². The summed E-state index contributed by atoms with van der Waals surface area (Å²) in [5, 5.41) is 16.2. The van der Waals surface area contributed by atoms with Crippen molar-refractivity contribution in [2.45, 2.75) is 44.9 Å². The second kappa shape index (κ2) is 7.92. The van der Waals surface area contributed by atoms with Crippen LogP contribution in [-0.4, -0.2) is 34.6 Å². The highest BCUT2D eigenvalue weighted by atomic mass is 35.5. The summed E-state index contributed by atoms with van der Waals surface area (Å²) < 4.78 is 16.0. The number of hydrogen-bond donors (Lipinski definition) is 2. The van der Waals surface area contributed by atoms with Crippen LogP contribution in [0, 0.1) is 0 Å². The van der Waals surface area contributed by atoms with E-state index < -0.39 is 23.8 Å². The Morgan fingerprint density at radius 2 is 2.22 bits per heavy atom. The zero-order valence-electron chi connectivity index (χ0n) is 15.2. The van der Waals surface area contributed by atoms with E-state index in [4.69, 9.17) is 25.8 Å². The Kier molecular flexibility index (Phi) is 5.78. The number of aliphatic hydroxyl groups is 1. The Bertz CT molecular complexity index is 807. The lowest BCUT2D eigenvalue weighted by molar-refractivity contribution is 0.0421. The molecule has 7 nitrogen and oxygen atoms in total. The second-order valence-electron chi connectivity index (χ2n) is 7.08. The van der Waals surface area contributed by atoms with Crippen LogP contribution in [0.4, 0.5) is 4.79 Å². The lowest BCUT2D eigenvalue weighted by Gasteiger charge is -2.26. The number of fused-ring (bicyclic) bond motifs is 1. The van der Waals surface area contributed by atoms with Crippen LogP contribution in [0.15, 0.2) is 23.7 Å². The van der Waals surface area contributed by atoms with Gasteiger partial charge in [0.2, 0.25) is 6.79 Å². The fourth-order valence-corrected chi connectivity index (χ4v) is 3.62. The van der Waals surface area contributed by atoms with Crippen LogP contribution in [0.25, 0.3) is 0 Å². The maximum absolute atomic E-state index is 12.3. The molecule has 1 aromatic carbocycles. The molecular formula is C18H21ClN2O5S. The van der Waals surface area contributed by atoms with E-state index in [0.29, 0.717) is 28.0 Å². The maximum Gasteiger partial charge on any atom is 0.407 e. The van der Waals surface area contributed by atoms with Crippen molar-refractivity contribution in [3.05, 3.63) is 39.3 Å². The predicted octanol–water partition coefficient (Wildman–Crippen LogP) is 3.69. The van der Waals surface area contributed by atoms with Crippen molar-refractivity contribution in [2.75, 3.05) is 6.79 Å². The summed E-state index contributed by atoms with van der Waals surface area (Å²) in [4.78, 5) is 16.4. The van der Waals surface area contributed by atoms with Crippen molar-refractivity contribution < 1.29 is 24.1 Å². The van der Waals surface area contributed by atoms with Crippen LogP contribution in [0.5, 0.6) is 11.5 Å². The number of ether oxygens (including phenoxy) is 3. The highest BCUT2D eigenvalue weighted by Crippen LogP contribution is 2.40. The third-order valence-corrected chi connectivity index (χ3v) is 4.86. The molecule has 27 heavy (non-hydrogen) atoms. The number of rotatable bonds is 5. The van der Waals surface area contributed by atoms with Crippen LogP contribution in [0.1, 0.15) is 37.4 Å². The molecule has 2 aromatic rings. The molecule has 2 atom stereocenters. The molecule has 0 unspecified atom stereocenters. The minimum atomic E-state index is -0.998. The second-order valence-corrected chi connectivity index (χ2v) is 8.42. The van der Waals surface area contributed by atoms with E-state index in [-0.39, 0.29) is 6.79 Å². The molecule has 3 rings (SSSR count). The number of alkyl carbamates (subject to hydrolysis) is 1. The smallest absolute Gasteiger partial charge is 0.407 e. The molecule has 0 saturated carbocycles. The number of nitrogens with one attached hydrogen (secondary N) is 1. The van der Waals surface area contributed by atoms with E-state index in [1.165, 1.54) is 11.3 Å². The number of halogens is 1. The van der Waals surface area contributed by atoms with E-state index in [1.807, 2.05) is 0 Å². The van der Waals surface area contributed by atoms with Gasteiger partial charge in [0.15, 0.2) is 11.5 Å². The third-order valence-electron chi connectivity index (χ3n) is 3.73. The molecule has 9 heteroatoms. The Morgan fingerprint density at radius 3 is 2.89 bits per heavy atom. The van der Waals surface area contributed by atoms with Crippen molar-refractivity contribution in [3.8, 4) is 11.5 Å². The molecule has 2 N–H and O–H groups in total. The summed E-state index contributed by atoms with van der Waals surface area (Å²) in [5.74, 6) is 1.04. The molecule has 0 saturated heterocycles. The van der Waals surface area contributed by atoms with Gasteiger partial charge in [0, 0.05) is 11.6 Å². The molecule has 1 aliphatic heterocycles. The topological polar surface area (TPSA) is 89.9 Å². The predicted molar refractivity (Wildman–Crippen MR) is 102 cm³/mol. The van der Waals surface area contributed by atoms with Gasteiger partial charge in [-0.1, -0.05) is 11.6 Å². The van der Waals surface area contributed by atoms with Gasteiger partial charge in [0.1, 0.15) is 16.7 Å².